The van der Waals surface area contributed by atoms with Gasteiger partial charge in [-0.05, 0) is 79.4 Å². The SMILES string of the molecule is C=CCNC(=O)C(=O)C(CCC1CC1)NC(=O)[C@@H]1C(C(C)C)CCN1C(=O)[C@@H](NC(=O)N[C@H](COC(=O)NCC1CC1)C(C)(C)C)C1(C)CCCCC1. The fourth-order valence-corrected chi connectivity index (χ4v) is 7.79. The summed E-state index contributed by atoms with van der Waals surface area (Å²) in [5.74, 6) is -1.42. The van der Waals surface area contributed by atoms with Crippen molar-refractivity contribution in [2.24, 2.45) is 34.5 Å². The molecule has 0 aromatic carbocycles. The zero-order valence-electron chi connectivity index (χ0n) is 33.0. The molecule has 0 spiro atoms. The monoisotopic (exact) mass is 742 g/mol. The smallest absolute Gasteiger partial charge is 0.407 e. The number of amides is 6. The summed E-state index contributed by atoms with van der Waals surface area (Å²) in [7, 11) is 0. The first-order chi connectivity index (χ1) is 25.0. The summed E-state index contributed by atoms with van der Waals surface area (Å²) in [5, 5.41) is 14.3. The van der Waals surface area contributed by atoms with E-state index >= 15 is 0 Å². The van der Waals surface area contributed by atoms with Crippen LogP contribution in [0.5, 0.6) is 0 Å². The molecule has 0 aromatic rings. The number of carbonyl (C=O) groups excluding carboxylic acids is 6. The fourth-order valence-electron chi connectivity index (χ4n) is 7.79. The van der Waals surface area contributed by atoms with E-state index < -0.39 is 64.7 Å². The fraction of sp³-hybridized carbons (Fsp3) is 0.800. The first-order valence-corrected chi connectivity index (χ1v) is 20.1. The van der Waals surface area contributed by atoms with Gasteiger partial charge in [-0.15, -0.1) is 6.58 Å². The molecule has 3 aliphatic carbocycles. The van der Waals surface area contributed by atoms with Crippen LogP contribution in [0.3, 0.4) is 0 Å². The second kappa shape index (κ2) is 18.6. The zero-order chi connectivity index (χ0) is 38.9. The quantitative estimate of drug-likeness (QED) is 0.101. The number of ether oxygens (including phenoxy) is 1. The van der Waals surface area contributed by atoms with Gasteiger partial charge in [-0.2, -0.15) is 0 Å². The highest BCUT2D eigenvalue weighted by atomic mass is 16.5. The number of nitrogens with one attached hydrogen (secondary N) is 5. The van der Waals surface area contributed by atoms with Crippen LogP contribution in [-0.4, -0.2) is 90.9 Å². The van der Waals surface area contributed by atoms with Crippen molar-refractivity contribution in [1.82, 2.24) is 31.5 Å². The van der Waals surface area contributed by atoms with Gasteiger partial charge < -0.3 is 36.2 Å². The normalized spacial score (nSPS) is 22.9. The molecule has 5 atom stereocenters. The van der Waals surface area contributed by atoms with Gasteiger partial charge in [0.05, 0.1) is 12.1 Å². The van der Waals surface area contributed by atoms with E-state index in [9.17, 15) is 28.8 Å². The number of urea groups is 1. The van der Waals surface area contributed by atoms with E-state index in [0.29, 0.717) is 37.8 Å². The molecular formula is C40H66N6O7. The van der Waals surface area contributed by atoms with Crippen molar-refractivity contribution in [3.05, 3.63) is 12.7 Å². The number of Topliss-reactive ketones (excluding diaryl/α,β-unsaturated/α-hetero) is 1. The maximum atomic E-state index is 14.9. The lowest BCUT2D eigenvalue weighted by Crippen LogP contribution is -2.63. The van der Waals surface area contributed by atoms with Crippen LogP contribution in [0.25, 0.3) is 0 Å². The van der Waals surface area contributed by atoms with Gasteiger partial charge in [0.2, 0.25) is 17.6 Å². The van der Waals surface area contributed by atoms with Crippen molar-refractivity contribution < 1.29 is 33.5 Å². The van der Waals surface area contributed by atoms with Crippen LogP contribution in [0.1, 0.15) is 119 Å². The molecule has 5 N–H and O–H groups in total. The van der Waals surface area contributed by atoms with Crippen molar-refractivity contribution in [2.45, 2.75) is 143 Å². The lowest BCUT2D eigenvalue weighted by molar-refractivity contribution is -0.145. The Hall–Kier alpha value is -3.64. The topological polar surface area (TPSA) is 175 Å². The Bertz CT molecular complexity index is 1330. The Balaban J connectivity index is 1.53. The summed E-state index contributed by atoms with van der Waals surface area (Å²) in [6, 6.07) is -3.91. The molecule has 1 aliphatic heterocycles. The molecule has 13 nitrogen and oxygen atoms in total. The number of rotatable bonds is 18. The second-order valence-corrected chi connectivity index (χ2v) is 17.7. The van der Waals surface area contributed by atoms with E-state index in [1.807, 2.05) is 41.5 Å². The van der Waals surface area contributed by atoms with Crippen LogP contribution < -0.4 is 26.6 Å². The minimum atomic E-state index is -1.01. The van der Waals surface area contributed by atoms with Gasteiger partial charge in [0.25, 0.3) is 5.91 Å². The predicted octanol–water partition coefficient (Wildman–Crippen LogP) is 4.59. The molecule has 298 valence electrons. The lowest BCUT2D eigenvalue weighted by Gasteiger charge is -2.43. The van der Waals surface area contributed by atoms with Crippen molar-refractivity contribution in [3.8, 4) is 0 Å². The molecule has 3 saturated carbocycles. The Morgan fingerprint density at radius 3 is 2.15 bits per heavy atom. The molecule has 6 amide bonds. The average Bonchev–Trinajstić information content (AvgIpc) is 4.05. The van der Waals surface area contributed by atoms with Crippen LogP contribution in [0.2, 0.25) is 0 Å². The van der Waals surface area contributed by atoms with Crippen LogP contribution in [0.15, 0.2) is 12.7 Å². The Labute approximate surface area is 316 Å². The largest absolute Gasteiger partial charge is 0.447 e. The number of carbonyl (C=O) groups is 6. The van der Waals surface area contributed by atoms with E-state index in [1.165, 1.54) is 6.08 Å². The van der Waals surface area contributed by atoms with Crippen LogP contribution >= 0.6 is 0 Å². The van der Waals surface area contributed by atoms with Crippen LogP contribution in [-0.2, 0) is 23.9 Å². The van der Waals surface area contributed by atoms with E-state index in [2.05, 4.69) is 33.2 Å². The van der Waals surface area contributed by atoms with Gasteiger partial charge in [-0.1, -0.05) is 79.7 Å². The van der Waals surface area contributed by atoms with Crippen molar-refractivity contribution >= 4 is 35.6 Å². The molecule has 1 heterocycles. The summed E-state index contributed by atoms with van der Waals surface area (Å²) in [6.45, 7) is 16.5. The van der Waals surface area contributed by atoms with Crippen molar-refractivity contribution in [1.29, 1.82) is 0 Å². The molecule has 0 aromatic heterocycles. The van der Waals surface area contributed by atoms with E-state index in [0.717, 1.165) is 64.2 Å². The Kier molecular flexibility index (Phi) is 14.8. The van der Waals surface area contributed by atoms with Gasteiger partial charge in [0, 0.05) is 19.6 Å². The lowest BCUT2D eigenvalue weighted by atomic mass is 9.70. The minimum Gasteiger partial charge on any atom is -0.447 e. The molecule has 4 aliphatic rings. The van der Waals surface area contributed by atoms with Crippen molar-refractivity contribution in [3.63, 3.8) is 0 Å². The molecule has 4 fully saturated rings. The summed E-state index contributed by atoms with van der Waals surface area (Å²) in [6.07, 6.45) is 11.3. The molecular weight excluding hydrogens is 676 g/mol. The summed E-state index contributed by atoms with van der Waals surface area (Å²) in [4.78, 5) is 83.0. The summed E-state index contributed by atoms with van der Waals surface area (Å²) in [5.41, 5.74) is -1.03. The number of hydrogen-bond donors (Lipinski definition) is 5. The zero-order valence-corrected chi connectivity index (χ0v) is 33.0. The highest BCUT2D eigenvalue weighted by molar-refractivity contribution is 6.38. The third-order valence-corrected chi connectivity index (χ3v) is 11.9. The van der Waals surface area contributed by atoms with Crippen molar-refractivity contribution in [2.75, 3.05) is 26.2 Å². The third kappa shape index (κ3) is 12.2. The van der Waals surface area contributed by atoms with Gasteiger partial charge >= 0.3 is 12.1 Å². The predicted molar refractivity (Wildman–Crippen MR) is 203 cm³/mol. The molecule has 0 bridgehead atoms. The standard InChI is InChI=1S/C40H66N6O7/c1-8-21-41-35(49)32(47)29(17-16-26-12-13-26)43-34(48)31-28(25(2)3)18-22-46(31)36(50)33(40(7)19-10-9-11-20-40)45-37(51)44-30(39(4,5)6)24-53-38(52)42-23-27-14-15-27/h8,25-31,33H,1,9-24H2,2-7H3,(H,41,49)(H,42,52)(H,43,48)(H2,44,45,51)/t28?,29?,30-,31+,33-/m1/s1. The van der Waals surface area contributed by atoms with Gasteiger partial charge in [-0.3, -0.25) is 19.2 Å². The van der Waals surface area contributed by atoms with Crippen LogP contribution in [0.4, 0.5) is 9.59 Å². The molecule has 2 unspecified atom stereocenters. The average molecular weight is 743 g/mol. The van der Waals surface area contributed by atoms with Gasteiger partial charge in [0.1, 0.15) is 18.7 Å². The highest BCUT2D eigenvalue weighted by Gasteiger charge is 2.50. The number of alkyl carbamates (subject to hydrolysis) is 1. The van der Waals surface area contributed by atoms with Gasteiger partial charge in [-0.25, -0.2) is 9.59 Å². The molecule has 13 heteroatoms. The number of ketones is 1. The van der Waals surface area contributed by atoms with E-state index in [1.54, 1.807) is 4.90 Å². The molecule has 53 heavy (non-hydrogen) atoms. The number of nitrogens with zero attached hydrogens (tertiary/aromatic N) is 1. The maximum absolute atomic E-state index is 14.9. The third-order valence-electron chi connectivity index (χ3n) is 11.9. The Morgan fingerprint density at radius 1 is 0.906 bits per heavy atom. The first kappa shape index (κ1) is 42.1. The Morgan fingerprint density at radius 2 is 1.57 bits per heavy atom. The molecule has 0 radical (unpaired) electrons. The summed E-state index contributed by atoms with van der Waals surface area (Å²) < 4.78 is 5.50. The first-order valence-electron chi connectivity index (χ1n) is 20.1. The second-order valence-electron chi connectivity index (χ2n) is 17.7. The molecule has 1 saturated heterocycles. The highest BCUT2D eigenvalue weighted by Crippen LogP contribution is 2.41. The maximum Gasteiger partial charge on any atom is 0.407 e. The minimum absolute atomic E-state index is 0.0417. The van der Waals surface area contributed by atoms with E-state index in [-0.39, 0.29) is 30.9 Å². The van der Waals surface area contributed by atoms with E-state index in [4.69, 9.17) is 4.74 Å². The number of likely N-dealkylation sites (tertiary alicyclic amines) is 1. The number of hydrogen-bond acceptors (Lipinski definition) is 7. The molecule has 4 rings (SSSR count). The summed E-state index contributed by atoms with van der Waals surface area (Å²) >= 11 is 0. The van der Waals surface area contributed by atoms with Crippen LogP contribution in [0, 0.1) is 34.5 Å². The van der Waals surface area contributed by atoms with Gasteiger partial charge in [0.15, 0.2) is 0 Å².